The Kier molecular flexibility index (Phi) is 4.13. The molecule has 4 rings (SSSR count). The van der Waals surface area contributed by atoms with Crippen LogP contribution in [0, 0.1) is 0 Å². The van der Waals surface area contributed by atoms with Crippen molar-refractivity contribution in [3.05, 3.63) is 89.5 Å². The Morgan fingerprint density at radius 2 is 1.54 bits per heavy atom. The van der Waals surface area contributed by atoms with Crippen molar-refractivity contribution in [2.75, 3.05) is 6.54 Å². The van der Waals surface area contributed by atoms with Gasteiger partial charge in [-0.25, -0.2) is 4.98 Å². The van der Waals surface area contributed by atoms with E-state index in [0.717, 1.165) is 5.69 Å². The van der Waals surface area contributed by atoms with E-state index in [4.69, 9.17) is 0 Å². The third kappa shape index (κ3) is 2.71. The maximum Gasteiger partial charge on any atom is 0.261 e. The second-order valence-corrected chi connectivity index (χ2v) is 6.44. The van der Waals surface area contributed by atoms with Gasteiger partial charge in [-0.05, 0) is 24.6 Å². The zero-order chi connectivity index (χ0) is 18.1. The second-order valence-electron chi connectivity index (χ2n) is 6.44. The van der Waals surface area contributed by atoms with Crippen molar-refractivity contribution in [1.29, 1.82) is 0 Å². The Morgan fingerprint density at radius 3 is 2.19 bits per heavy atom. The Bertz CT molecular complexity index is 927. The van der Waals surface area contributed by atoms with Gasteiger partial charge in [-0.3, -0.25) is 14.5 Å². The van der Waals surface area contributed by atoms with Gasteiger partial charge in [0.15, 0.2) is 0 Å². The molecular weight excluding hydrogens is 326 g/mol. The van der Waals surface area contributed by atoms with Gasteiger partial charge in [-0.2, -0.15) is 0 Å². The fourth-order valence-corrected chi connectivity index (χ4v) is 3.44. The second kappa shape index (κ2) is 6.59. The van der Waals surface area contributed by atoms with Gasteiger partial charge in [0, 0.05) is 24.9 Å². The number of benzene rings is 2. The first-order valence-corrected chi connectivity index (χ1v) is 8.67. The standard InChI is InChI=1S/C21H19N3O2/c1-15(16-7-3-2-4-8-16)24-14-22-13-17(24)11-12-23-20(25)18-9-5-6-10-19(18)21(23)26/h2-10,13-15H,11-12H2,1H3. The van der Waals surface area contributed by atoms with Crippen LogP contribution in [0.3, 0.4) is 0 Å². The molecule has 1 atom stereocenters. The highest BCUT2D eigenvalue weighted by Crippen LogP contribution is 2.24. The summed E-state index contributed by atoms with van der Waals surface area (Å²) < 4.78 is 2.09. The lowest BCUT2D eigenvalue weighted by molar-refractivity contribution is 0.0655. The molecule has 0 fully saturated rings. The summed E-state index contributed by atoms with van der Waals surface area (Å²) >= 11 is 0. The van der Waals surface area contributed by atoms with E-state index in [1.54, 1.807) is 36.8 Å². The minimum absolute atomic E-state index is 0.135. The number of carbonyl (C=O) groups is 2. The predicted molar refractivity (Wildman–Crippen MR) is 98.0 cm³/mol. The van der Waals surface area contributed by atoms with Crippen LogP contribution in [-0.2, 0) is 6.42 Å². The number of nitrogens with zero attached hydrogens (tertiary/aromatic N) is 3. The molecule has 0 aliphatic carbocycles. The fraction of sp³-hybridized carbons (Fsp3) is 0.190. The van der Waals surface area contributed by atoms with Crippen molar-refractivity contribution < 1.29 is 9.59 Å². The molecule has 0 saturated carbocycles. The van der Waals surface area contributed by atoms with Gasteiger partial charge in [0.25, 0.3) is 11.8 Å². The van der Waals surface area contributed by atoms with E-state index in [0.29, 0.717) is 24.1 Å². The Labute approximate surface area is 151 Å². The maximum atomic E-state index is 12.5. The first kappa shape index (κ1) is 16.3. The van der Waals surface area contributed by atoms with Crippen LogP contribution in [0.25, 0.3) is 0 Å². The lowest BCUT2D eigenvalue weighted by Gasteiger charge is -2.19. The molecule has 26 heavy (non-hydrogen) atoms. The Morgan fingerprint density at radius 1 is 0.923 bits per heavy atom. The number of hydrogen-bond donors (Lipinski definition) is 0. The van der Waals surface area contributed by atoms with Gasteiger partial charge in [0.05, 0.1) is 23.5 Å². The number of rotatable bonds is 5. The zero-order valence-electron chi connectivity index (χ0n) is 14.5. The SMILES string of the molecule is CC(c1ccccc1)n1cncc1CCN1C(=O)c2ccccc2C1=O. The molecule has 1 unspecified atom stereocenters. The molecule has 2 amide bonds. The molecule has 1 aliphatic heterocycles. The number of aromatic nitrogens is 2. The maximum absolute atomic E-state index is 12.5. The van der Waals surface area contributed by atoms with Crippen molar-refractivity contribution in [1.82, 2.24) is 14.5 Å². The largest absolute Gasteiger partial charge is 0.327 e. The molecular formula is C21H19N3O2. The first-order valence-electron chi connectivity index (χ1n) is 8.67. The summed E-state index contributed by atoms with van der Waals surface area (Å²) in [4.78, 5) is 30.6. The minimum atomic E-state index is -0.215. The van der Waals surface area contributed by atoms with Gasteiger partial charge >= 0.3 is 0 Å². The normalized spacial score (nSPS) is 14.6. The lowest BCUT2D eigenvalue weighted by Crippen LogP contribution is -2.32. The number of imide groups is 1. The summed E-state index contributed by atoms with van der Waals surface area (Å²) in [5.74, 6) is -0.430. The number of fused-ring (bicyclic) bond motifs is 1. The summed E-state index contributed by atoms with van der Waals surface area (Å²) in [5, 5.41) is 0. The average molecular weight is 345 g/mol. The monoisotopic (exact) mass is 345 g/mol. The topological polar surface area (TPSA) is 55.2 Å². The van der Waals surface area contributed by atoms with E-state index >= 15 is 0 Å². The van der Waals surface area contributed by atoms with Crippen molar-refractivity contribution in [3.63, 3.8) is 0 Å². The van der Waals surface area contributed by atoms with E-state index in [1.807, 2.05) is 18.2 Å². The zero-order valence-corrected chi connectivity index (χ0v) is 14.5. The molecule has 1 aliphatic rings. The van der Waals surface area contributed by atoms with Gasteiger partial charge in [0.2, 0.25) is 0 Å². The molecule has 3 aromatic rings. The summed E-state index contributed by atoms with van der Waals surface area (Å²) in [6, 6.07) is 17.3. The van der Waals surface area contributed by atoms with E-state index < -0.39 is 0 Å². The molecule has 0 radical (unpaired) electrons. The molecule has 130 valence electrons. The molecule has 5 heteroatoms. The van der Waals surface area contributed by atoms with Gasteiger partial charge in [0.1, 0.15) is 0 Å². The Balaban J connectivity index is 1.51. The molecule has 1 aromatic heterocycles. The number of imidazole rings is 1. The highest BCUT2D eigenvalue weighted by molar-refractivity contribution is 6.21. The van der Waals surface area contributed by atoms with Crippen LogP contribution >= 0.6 is 0 Å². The third-order valence-electron chi connectivity index (χ3n) is 4.92. The fourth-order valence-electron chi connectivity index (χ4n) is 3.44. The minimum Gasteiger partial charge on any atom is -0.327 e. The van der Waals surface area contributed by atoms with Crippen molar-refractivity contribution in [3.8, 4) is 0 Å². The molecule has 0 bridgehead atoms. The van der Waals surface area contributed by atoms with E-state index in [9.17, 15) is 9.59 Å². The van der Waals surface area contributed by atoms with Crippen molar-refractivity contribution in [2.45, 2.75) is 19.4 Å². The van der Waals surface area contributed by atoms with Crippen LogP contribution < -0.4 is 0 Å². The smallest absolute Gasteiger partial charge is 0.261 e. The van der Waals surface area contributed by atoms with Crippen LogP contribution in [0.1, 0.15) is 44.9 Å². The summed E-state index contributed by atoms with van der Waals surface area (Å²) in [5.41, 5.74) is 3.16. The third-order valence-corrected chi connectivity index (χ3v) is 4.92. The van der Waals surface area contributed by atoms with Crippen LogP contribution in [-0.4, -0.2) is 32.8 Å². The summed E-state index contributed by atoms with van der Waals surface area (Å²) in [6.07, 6.45) is 4.18. The quantitative estimate of drug-likeness (QED) is 0.667. The van der Waals surface area contributed by atoms with Gasteiger partial charge < -0.3 is 4.57 Å². The van der Waals surface area contributed by atoms with Crippen LogP contribution in [0.15, 0.2) is 67.1 Å². The summed E-state index contributed by atoms with van der Waals surface area (Å²) in [7, 11) is 0. The molecule has 0 N–H and O–H groups in total. The number of carbonyl (C=O) groups excluding carboxylic acids is 2. The highest BCUT2D eigenvalue weighted by Gasteiger charge is 2.34. The number of hydrogen-bond acceptors (Lipinski definition) is 3. The summed E-state index contributed by atoms with van der Waals surface area (Å²) in [6.45, 7) is 2.46. The van der Waals surface area contributed by atoms with Crippen molar-refractivity contribution in [2.24, 2.45) is 0 Å². The van der Waals surface area contributed by atoms with Gasteiger partial charge in [-0.15, -0.1) is 0 Å². The van der Waals surface area contributed by atoms with Crippen molar-refractivity contribution >= 4 is 11.8 Å². The molecule has 2 heterocycles. The average Bonchev–Trinajstić information content (AvgIpc) is 3.24. The van der Waals surface area contributed by atoms with Crippen LogP contribution in [0.5, 0.6) is 0 Å². The molecule has 5 nitrogen and oxygen atoms in total. The van der Waals surface area contributed by atoms with E-state index in [1.165, 1.54) is 10.5 Å². The Hall–Kier alpha value is -3.21. The molecule has 0 saturated heterocycles. The molecule has 0 spiro atoms. The number of amides is 2. The molecule has 2 aromatic carbocycles. The van der Waals surface area contributed by atoms with Crippen LogP contribution in [0.4, 0.5) is 0 Å². The van der Waals surface area contributed by atoms with E-state index in [-0.39, 0.29) is 17.9 Å². The van der Waals surface area contributed by atoms with Gasteiger partial charge in [-0.1, -0.05) is 42.5 Å². The highest BCUT2D eigenvalue weighted by atomic mass is 16.2. The van der Waals surface area contributed by atoms with Crippen LogP contribution in [0.2, 0.25) is 0 Å². The van der Waals surface area contributed by atoms with E-state index in [2.05, 4.69) is 28.6 Å². The lowest BCUT2D eigenvalue weighted by atomic mass is 10.1. The predicted octanol–water partition coefficient (Wildman–Crippen LogP) is 3.33. The first-order chi connectivity index (χ1) is 12.7.